The number of carbonyl (C=O) groups is 2. The SMILES string of the molecule is Cc1cccc(CSCC(=O)NCCNC(=O)c2n[nH]c3ccccc23)c1. The Morgan fingerprint density at radius 1 is 1.07 bits per heavy atom. The second-order valence-corrected chi connectivity index (χ2v) is 7.19. The standard InChI is InChI=1S/C20H22N4O2S/c1-14-5-4-6-15(11-14)12-27-13-18(25)21-9-10-22-20(26)19-16-7-2-3-8-17(16)23-24-19/h2-8,11H,9-10,12-13H2,1H3,(H,21,25)(H,22,26)(H,23,24). The molecule has 0 aliphatic rings. The fourth-order valence-electron chi connectivity index (χ4n) is 2.71. The average molecular weight is 382 g/mol. The first-order valence-electron chi connectivity index (χ1n) is 8.75. The van der Waals surface area contributed by atoms with Crippen molar-refractivity contribution in [3.63, 3.8) is 0 Å². The Labute approximate surface area is 162 Å². The molecule has 0 saturated carbocycles. The molecule has 0 radical (unpaired) electrons. The summed E-state index contributed by atoms with van der Waals surface area (Å²) < 4.78 is 0. The van der Waals surface area contributed by atoms with E-state index in [4.69, 9.17) is 0 Å². The van der Waals surface area contributed by atoms with Crippen molar-refractivity contribution in [2.24, 2.45) is 0 Å². The lowest BCUT2D eigenvalue weighted by Gasteiger charge is -2.07. The predicted molar refractivity (Wildman–Crippen MR) is 109 cm³/mol. The van der Waals surface area contributed by atoms with Crippen LogP contribution >= 0.6 is 11.8 Å². The van der Waals surface area contributed by atoms with Crippen LogP contribution in [0.1, 0.15) is 21.6 Å². The van der Waals surface area contributed by atoms with Crippen LogP contribution in [0.4, 0.5) is 0 Å². The van der Waals surface area contributed by atoms with E-state index in [0.717, 1.165) is 16.7 Å². The third kappa shape index (κ3) is 5.34. The molecule has 7 heteroatoms. The monoisotopic (exact) mass is 382 g/mol. The number of rotatable bonds is 8. The Bertz CT molecular complexity index is 938. The summed E-state index contributed by atoms with van der Waals surface area (Å²) in [7, 11) is 0. The number of fused-ring (bicyclic) bond motifs is 1. The van der Waals surface area contributed by atoms with Gasteiger partial charge in [0.25, 0.3) is 5.91 Å². The molecule has 6 nitrogen and oxygen atoms in total. The highest BCUT2D eigenvalue weighted by Crippen LogP contribution is 2.15. The molecule has 0 fully saturated rings. The van der Waals surface area contributed by atoms with Crippen molar-refractivity contribution in [3.05, 3.63) is 65.4 Å². The summed E-state index contributed by atoms with van der Waals surface area (Å²) >= 11 is 1.57. The zero-order valence-electron chi connectivity index (χ0n) is 15.1. The van der Waals surface area contributed by atoms with Crippen molar-refractivity contribution in [2.75, 3.05) is 18.8 Å². The van der Waals surface area contributed by atoms with Crippen molar-refractivity contribution >= 4 is 34.5 Å². The first-order valence-corrected chi connectivity index (χ1v) is 9.90. The number of amides is 2. The Hall–Kier alpha value is -2.80. The molecule has 2 aromatic carbocycles. The van der Waals surface area contributed by atoms with Gasteiger partial charge in [-0.2, -0.15) is 5.10 Å². The van der Waals surface area contributed by atoms with Crippen LogP contribution in [0.15, 0.2) is 48.5 Å². The number of aromatic amines is 1. The van der Waals surface area contributed by atoms with Crippen LogP contribution in [-0.4, -0.2) is 40.9 Å². The van der Waals surface area contributed by atoms with Gasteiger partial charge in [-0.25, -0.2) is 0 Å². The number of benzene rings is 2. The summed E-state index contributed by atoms with van der Waals surface area (Å²) in [6, 6.07) is 15.7. The average Bonchev–Trinajstić information content (AvgIpc) is 3.09. The number of H-pyrrole nitrogens is 1. The molecule has 0 saturated heterocycles. The zero-order valence-corrected chi connectivity index (χ0v) is 15.9. The summed E-state index contributed by atoms with van der Waals surface area (Å²) in [5.74, 6) is 0.909. The number of hydrogen-bond donors (Lipinski definition) is 3. The van der Waals surface area contributed by atoms with Crippen LogP contribution in [0.5, 0.6) is 0 Å². The third-order valence-corrected chi connectivity index (χ3v) is 5.01. The van der Waals surface area contributed by atoms with Crippen molar-refractivity contribution in [1.29, 1.82) is 0 Å². The van der Waals surface area contributed by atoms with E-state index in [1.165, 1.54) is 11.1 Å². The van der Waals surface area contributed by atoms with Crippen LogP contribution in [0.2, 0.25) is 0 Å². The minimum atomic E-state index is -0.254. The van der Waals surface area contributed by atoms with Crippen molar-refractivity contribution in [1.82, 2.24) is 20.8 Å². The lowest BCUT2D eigenvalue weighted by atomic mass is 10.2. The number of aromatic nitrogens is 2. The summed E-state index contributed by atoms with van der Waals surface area (Å²) in [6.07, 6.45) is 0. The minimum absolute atomic E-state index is 0.0351. The van der Waals surface area contributed by atoms with Crippen LogP contribution in [0, 0.1) is 6.92 Å². The van der Waals surface area contributed by atoms with E-state index >= 15 is 0 Å². The number of nitrogens with one attached hydrogen (secondary N) is 3. The fraction of sp³-hybridized carbons (Fsp3) is 0.250. The number of thioether (sulfide) groups is 1. The van der Waals surface area contributed by atoms with Crippen LogP contribution in [0.25, 0.3) is 10.9 Å². The lowest BCUT2D eigenvalue weighted by molar-refractivity contribution is -0.118. The van der Waals surface area contributed by atoms with Gasteiger partial charge in [-0.1, -0.05) is 48.0 Å². The summed E-state index contributed by atoms with van der Waals surface area (Å²) in [4.78, 5) is 24.1. The predicted octanol–water partition coefficient (Wildman–Crippen LogP) is 2.65. The van der Waals surface area contributed by atoms with Gasteiger partial charge in [0.05, 0.1) is 11.3 Å². The second kappa shape index (κ2) is 9.23. The molecule has 2 amide bonds. The van der Waals surface area contributed by atoms with Crippen LogP contribution < -0.4 is 10.6 Å². The van der Waals surface area contributed by atoms with Crippen molar-refractivity contribution < 1.29 is 9.59 Å². The maximum Gasteiger partial charge on any atom is 0.272 e. The molecular formula is C20H22N4O2S. The van der Waals surface area contributed by atoms with E-state index in [-0.39, 0.29) is 11.8 Å². The zero-order chi connectivity index (χ0) is 19.1. The summed E-state index contributed by atoms with van der Waals surface area (Å²) in [5.41, 5.74) is 3.62. The normalized spacial score (nSPS) is 10.7. The highest BCUT2D eigenvalue weighted by Gasteiger charge is 2.13. The Kier molecular flexibility index (Phi) is 6.49. The molecule has 0 atom stereocenters. The van der Waals surface area contributed by atoms with E-state index in [1.54, 1.807) is 11.8 Å². The first-order chi connectivity index (χ1) is 13.1. The molecule has 140 valence electrons. The van der Waals surface area contributed by atoms with Gasteiger partial charge in [0, 0.05) is 24.2 Å². The summed E-state index contributed by atoms with van der Waals surface area (Å²) in [5, 5.41) is 13.3. The van der Waals surface area contributed by atoms with Gasteiger partial charge in [-0.05, 0) is 18.6 Å². The lowest BCUT2D eigenvalue weighted by Crippen LogP contribution is -2.35. The highest BCUT2D eigenvalue weighted by molar-refractivity contribution is 7.99. The Morgan fingerprint density at radius 3 is 2.74 bits per heavy atom. The maximum absolute atomic E-state index is 12.2. The van der Waals surface area contributed by atoms with Gasteiger partial charge in [-0.3, -0.25) is 14.7 Å². The van der Waals surface area contributed by atoms with Crippen molar-refractivity contribution in [3.8, 4) is 0 Å². The molecular weight excluding hydrogens is 360 g/mol. The molecule has 1 heterocycles. The first kappa shape index (κ1) is 19.0. The van der Waals surface area contributed by atoms with E-state index < -0.39 is 0 Å². The molecule has 3 rings (SSSR count). The molecule has 0 unspecified atom stereocenters. The van der Waals surface area contributed by atoms with Gasteiger partial charge < -0.3 is 10.6 Å². The van der Waals surface area contributed by atoms with Crippen LogP contribution in [0.3, 0.4) is 0 Å². The molecule has 0 aliphatic carbocycles. The molecule has 0 aliphatic heterocycles. The van der Waals surface area contributed by atoms with Crippen molar-refractivity contribution in [2.45, 2.75) is 12.7 Å². The number of aryl methyl sites for hydroxylation is 1. The quantitative estimate of drug-likeness (QED) is 0.523. The highest BCUT2D eigenvalue weighted by atomic mass is 32.2. The molecule has 0 bridgehead atoms. The van der Waals surface area contributed by atoms with Crippen LogP contribution in [-0.2, 0) is 10.5 Å². The fourth-order valence-corrected chi connectivity index (χ4v) is 3.52. The number of hydrogen-bond acceptors (Lipinski definition) is 4. The van der Waals surface area contributed by atoms with Gasteiger partial charge in [0.1, 0.15) is 0 Å². The molecule has 27 heavy (non-hydrogen) atoms. The van der Waals surface area contributed by atoms with E-state index in [0.29, 0.717) is 24.5 Å². The Balaban J connectivity index is 1.34. The van der Waals surface area contributed by atoms with Gasteiger partial charge >= 0.3 is 0 Å². The third-order valence-electron chi connectivity index (χ3n) is 4.00. The molecule has 0 spiro atoms. The van der Waals surface area contributed by atoms with E-state index in [9.17, 15) is 9.59 Å². The molecule has 3 N–H and O–H groups in total. The van der Waals surface area contributed by atoms with Gasteiger partial charge in [0.2, 0.25) is 5.91 Å². The largest absolute Gasteiger partial charge is 0.354 e. The number of nitrogens with zero attached hydrogens (tertiary/aromatic N) is 1. The number of carbonyl (C=O) groups excluding carboxylic acids is 2. The van der Waals surface area contributed by atoms with Gasteiger partial charge in [0.15, 0.2) is 5.69 Å². The Morgan fingerprint density at radius 2 is 1.89 bits per heavy atom. The summed E-state index contributed by atoms with van der Waals surface area (Å²) in [6.45, 7) is 2.80. The molecule has 3 aromatic rings. The van der Waals surface area contributed by atoms with E-state index in [2.05, 4.69) is 46.0 Å². The number of para-hydroxylation sites is 1. The van der Waals surface area contributed by atoms with E-state index in [1.807, 2.05) is 30.3 Å². The second-order valence-electron chi connectivity index (χ2n) is 6.21. The minimum Gasteiger partial charge on any atom is -0.354 e. The molecule has 1 aromatic heterocycles. The van der Waals surface area contributed by atoms with Gasteiger partial charge in [-0.15, -0.1) is 11.8 Å². The smallest absolute Gasteiger partial charge is 0.272 e. The maximum atomic E-state index is 12.2. The topological polar surface area (TPSA) is 86.9 Å².